The molecule has 0 radical (unpaired) electrons. The number of carbonyl (C=O) groups is 1. The molecule has 3 aromatic rings. The van der Waals surface area contributed by atoms with Gasteiger partial charge in [-0.15, -0.1) is 0 Å². The van der Waals surface area contributed by atoms with Crippen LogP contribution in [0.5, 0.6) is 17.2 Å². The van der Waals surface area contributed by atoms with E-state index in [1.54, 1.807) is 36.4 Å². The SMILES string of the molecule is O=C(N/N=C/c1ccc(O)cc1O)c1ccccc1OCc1ccc(Cl)cc1. The zero-order valence-corrected chi connectivity index (χ0v) is 15.4. The number of hydrogen-bond donors (Lipinski definition) is 3. The molecule has 3 N–H and O–H groups in total. The smallest absolute Gasteiger partial charge is 0.275 e. The van der Waals surface area contributed by atoms with Crippen LogP contribution in [0, 0.1) is 0 Å². The summed E-state index contributed by atoms with van der Waals surface area (Å²) in [5.74, 6) is -0.256. The summed E-state index contributed by atoms with van der Waals surface area (Å²) in [6, 6.07) is 18.1. The molecule has 0 saturated carbocycles. The minimum Gasteiger partial charge on any atom is -0.508 e. The van der Waals surface area contributed by atoms with Gasteiger partial charge in [-0.25, -0.2) is 5.43 Å². The number of amides is 1. The molecule has 0 spiro atoms. The molecule has 0 aliphatic heterocycles. The Balaban J connectivity index is 1.66. The van der Waals surface area contributed by atoms with E-state index in [1.165, 1.54) is 24.4 Å². The standard InChI is InChI=1S/C21H17ClN2O4/c22-16-8-5-14(6-9-16)13-28-20-4-2-1-3-18(20)21(27)24-23-12-15-7-10-17(25)11-19(15)26/h1-12,25-26H,13H2,(H,24,27)/b23-12+. The monoisotopic (exact) mass is 396 g/mol. The average Bonchev–Trinajstić information content (AvgIpc) is 2.69. The van der Waals surface area contributed by atoms with E-state index in [0.29, 0.717) is 21.9 Å². The lowest BCUT2D eigenvalue weighted by Gasteiger charge is -2.10. The number of para-hydroxylation sites is 1. The minimum atomic E-state index is -0.457. The second-order valence-corrected chi connectivity index (χ2v) is 6.29. The van der Waals surface area contributed by atoms with Crippen molar-refractivity contribution >= 4 is 23.7 Å². The summed E-state index contributed by atoms with van der Waals surface area (Å²) in [5.41, 5.74) is 3.99. The Kier molecular flexibility index (Phi) is 6.14. The van der Waals surface area contributed by atoms with E-state index in [1.807, 2.05) is 12.1 Å². The number of aromatic hydroxyl groups is 2. The number of phenolic OH excluding ortho intramolecular Hbond substituents is 2. The summed E-state index contributed by atoms with van der Waals surface area (Å²) >= 11 is 5.87. The molecule has 0 bridgehead atoms. The molecule has 0 saturated heterocycles. The molecule has 1 amide bonds. The number of halogens is 1. The van der Waals surface area contributed by atoms with Crippen molar-refractivity contribution in [2.45, 2.75) is 6.61 Å². The first-order valence-electron chi connectivity index (χ1n) is 8.34. The van der Waals surface area contributed by atoms with Gasteiger partial charge < -0.3 is 14.9 Å². The maximum atomic E-state index is 12.4. The third-order valence-corrected chi connectivity index (χ3v) is 4.08. The predicted molar refractivity (Wildman–Crippen MR) is 107 cm³/mol. The van der Waals surface area contributed by atoms with Crippen LogP contribution in [0.25, 0.3) is 0 Å². The summed E-state index contributed by atoms with van der Waals surface area (Å²) in [6.07, 6.45) is 1.28. The number of carbonyl (C=O) groups excluding carboxylic acids is 1. The van der Waals surface area contributed by atoms with Crippen molar-refractivity contribution in [2.75, 3.05) is 0 Å². The molecule has 6 nitrogen and oxygen atoms in total. The Morgan fingerprint density at radius 3 is 2.57 bits per heavy atom. The van der Waals surface area contributed by atoms with Crippen LogP contribution in [-0.4, -0.2) is 22.3 Å². The van der Waals surface area contributed by atoms with Gasteiger partial charge in [0.2, 0.25) is 0 Å². The van der Waals surface area contributed by atoms with Crippen molar-refractivity contribution in [3.8, 4) is 17.2 Å². The number of hydrazone groups is 1. The first-order chi connectivity index (χ1) is 13.5. The first kappa shape index (κ1) is 19.3. The predicted octanol–water partition coefficient (Wildman–Crippen LogP) is 4.09. The van der Waals surface area contributed by atoms with E-state index in [2.05, 4.69) is 10.5 Å². The zero-order chi connectivity index (χ0) is 19.9. The van der Waals surface area contributed by atoms with Crippen molar-refractivity contribution in [3.63, 3.8) is 0 Å². The molecule has 0 aliphatic carbocycles. The molecule has 142 valence electrons. The summed E-state index contributed by atoms with van der Waals surface area (Å²) in [5, 5.41) is 23.5. The lowest BCUT2D eigenvalue weighted by Crippen LogP contribution is -2.18. The van der Waals surface area contributed by atoms with Crippen molar-refractivity contribution < 1.29 is 19.7 Å². The number of rotatable bonds is 6. The average molecular weight is 397 g/mol. The third kappa shape index (κ3) is 5.02. The highest BCUT2D eigenvalue weighted by Crippen LogP contribution is 2.21. The fraction of sp³-hybridized carbons (Fsp3) is 0.0476. The van der Waals surface area contributed by atoms with E-state index in [0.717, 1.165) is 5.56 Å². The van der Waals surface area contributed by atoms with Gasteiger partial charge in [-0.2, -0.15) is 5.10 Å². The van der Waals surface area contributed by atoms with Crippen LogP contribution in [0.2, 0.25) is 5.02 Å². The Hall–Kier alpha value is -3.51. The first-order valence-corrected chi connectivity index (χ1v) is 8.72. The number of ether oxygens (including phenoxy) is 1. The van der Waals surface area contributed by atoms with Crippen molar-refractivity contribution in [3.05, 3.63) is 88.4 Å². The summed E-state index contributed by atoms with van der Waals surface area (Å²) in [7, 11) is 0. The lowest BCUT2D eigenvalue weighted by atomic mass is 10.2. The van der Waals surface area contributed by atoms with E-state index in [4.69, 9.17) is 16.3 Å². The van der Waals surface area contributed by atoms with E-state index >= 15 is 0 Å². The van der Waals surface area contributed by atoms with E-state index in [9.17, 15) is 15.0 Å². The zero-order valence-electron chi connectivity index (χ0n) is 14.7. The van der Waals surface area contributed by atoms with Crippen molar-refractivity contribution in [1.29, 1.82) is 0 Å². The fourth-order valence-corrected chi connectivity index (χ4v) is 2.51. The number of benzene rings is 3. The molecular weight excluding hydrogens is 380 g/mol. The van der Waals surface area contributed by atoms with Gasteiger partial charge in [0, 0.05) is 16.7 Å². The summed E-state index contributed by atoms with van der Waals surface area (Å²) in [6.45, 7) is 0.284. The van der Waals surface area contributed by atoms with Gasteiger partial charge in [-0.1, -0.05) is 35.9 Å². The largest absolute Gasteiger partial charge is 0.508 e. The molecule has 0 aromatic heterocycles. The Morgan fingerprint density at radius 1 is 1.07 bits per heavy atom. The van der Waals surface area contributed by atoms with Crippen LogP contribution < -0.4 is 10.2 Å². The van der Waals surface area contributed by atoms with Crippen LogP contribution in [0.4, 0.5) is 0 Å². The van der Waals surface area contributed by atoms with Crippen molar-refractivity contribution in [1.82, 2.24) is 5.43 Å². The van der Waals surface area contributed by atoms with Gasteiger partial charge in [-0.05, 0) is 42.0 Å². The summed E-state index contributed by atoms with van der Waals surface area (Å²) < 4.78 is 5.76. The second-order valence-electron chi connectivity index (χ2n) is 5.85. The van der Waals surface area contributed by atoms with Crippen LogP contribution in [-0.2, 0) is 6.61 Å². The summed E-state index contributed by atoms with van der Waals surface area (Å²) in [4.78, 5) is 12.4. The van der Waals surface area contributed by atoms with Crippen molar-refractivity contribution in [2.24, 2.45) is 5.10 Å². The molecule has 28 heavy (non-hydrogen) atoms. The second kappa shape index (κ2) is 8.92. The third-order valence-electron chi connectivity index (χ3n) is 3.82. The van der Waals surface area contributed by atoms with E-state index in [-0.39, 0.29) is 18.1 Å². The highest BCUT2D eigenvalue weighted by Gasteiger charge is 2.11. The molecule has 0 aliphatic rings. The molecule has 7 heteroatoms. The van der Waals surface area contributed by atoms with Gasteiger partial charge in [0.25, 0.3) is 5.91 Å². The Bertz CT molecular complexity index is 1000. The van der Waals surface area contributed by atoms with E-state index < -0.39 is 5.91 Å². The quantitative estimate of drug-likeness (QED) is 0.432. The van der Waals surface area contributed by atoms with Gasteiger partial charge in [-0.3, -0.25) is 4.79 Å². The normalized spacial score (nSPS) is 10.8. The number of nitrogens with one attached hydrogen (secondary N) is 1. The highest BCUT2D eigenvalue weighted by atomic mass is 35.5. The molecule has 0 unspecified atom stereocenters. The highest BCUT2D eigenvalue weighted by molar-refractivity contribution is 6.30. The molecule has 0 heterocycles. The van der Waals surface area contributed by atoms with Gasteiger partial charge in [0.15, 0.2) is 0 Å². The number of phenols is 2. The molecular formula is C21H17ClN2O4. The van der Waals surface area contributed by atoms with Crippen LogP contribution in [0.1, 0.15) is 21.5 Å². The van der Waals surface area contributed by atoms with Gasteiger partial charge >= 0.3 is 0 Å². The van der Waals surface area contributed by atoms with Crippen LogP contribution in [0.3, 0.4) is 0 Å². The van der Waals surface area contributed by atoms with Gasteiger partial charge in [0.05, 0.1) is 11.8 Å². The molecule has 3 aromatic carbocycles. The van der Waals surface area contributed by atoms with Gasteiger partial charge in [0.1, 0.15) is 23.9 Å². The number of hydrogen-bond acceptors (Lipinski definition) is 5. The maximum Gasteiger partial charge on any atom is 0.275 e. The maximum absolute atomic E-state index is 12.4. The Labute approximate surface area is 166 Å². The van der Waals surface area contributed by atoms with Crippen LogP contribution >= 0.6 is 11.6 Å². The molecule has 0 atom stereocenters. The Morgan fingerprint density at radius 2 is 1.82 bits per heavy atom. The van der Waals surface area contributed by atoms with Crippen LogP contribution in [0.15, 0.2) is 71.8 Å². The minimum absolute atomic E-state index is 0.0644. The lowest BCUT2D eigenvalue weighted by molar-refractivity contribution is 0.0950. The molecule has 0 fully saturated rings. The topological polar surface area (TPSA) is 91.2 Å². The number of nitrogens with zero attached hydrogens (tertiary/aromatic N) is 1. The fourth-order valence-electron chi connectivity index (χ4n) is 2.38. The molecule has 3 rings (SSSR count).